The van der Waals surface area contributed by atoms with E-state index in [1.54, 1.807) is 0 Å². The van der Waals surface area contributed by atoms with Gasteiger partial charge in [0.1, 0.15) is 5.82 Å². The number of nitrogens with one attached hydrogen (secondary N) is 2. The number of para-hydroxylation sites is 1. The summed E-state index contributed by atoms with van der Waals surface area (Å²) in [5, 5.41) is 2.09. The van der Waals surface area contributed by atoms with Gasteiger partial charge >= 0.3 is 0 Å². The van der Waals surface area contributed by atoms with Gasteiger partial charge in [-0.15, -0.1) is 0 Å². The summed E-state index contributed by atoms with van der Waals surface area (Å²) in [7, 11) is 0. The SMILES string of the molecule is Clc1cccc([C@@H]2c3[nH]c4ccccc4c3CCN2Cc2ncc[nH]2)c1. The van der Waals surface area contributed by atoms with Gasteiger partial charge in [-0.1, -0.05) is 41.9 Å². The van der Waals surface area contributed by atoms with E-state index in [-0.39, 0.29) is 6.04 Å². The van der Waals surface area contributed by atoms with Crippen LogP contribution in [-0.4, -0.2) is 26.4 Å². The number of imidazole rings is 1. The van der Waals surface area contributed by atoms with Crippen LogP contribution in [0.1, 0.15) is 28.7 Å². The highest BCUT2D eigenvalue weighted by Crippen LogP contribution is 2.39. The summed E-state index contributed by atoms with van der Waals surface area (Å²) in [4.78, 5) is 13.8. The molecule has 2 N–H and O–H groups in total. The molecule has 4 aromatic rings. The number of fused-ring (bicyclic) bond motifs is 3. The first-order chi connectivity index (χ1) is 12.8. The van der Waals surface area contributed by atoms with Crippen molar-refractivity contribution in [3.05, 3.63) is 88.6 Å². The highest BCUT2D eigenvalue weighted by Gasteiger charge is 2.32. The Labute approximate surface area is 156 Å². The first-order valence-corrected chi connectivity index (χ1v) is 9.24. The van der Waals surface area contributed by atoms with Gasteiger partial charge in [-0.25, -0.2) is 4.98 Å². The molecule has 0 unspecified atom stereocenters. The maximum absolute atomic E-state index is 6.31. The van der Waals surface area contributed by atoms with Crippen LogP contribution in [0.3, 0.4) is 0 Å². The van der Waals surface area contributed by atoms with Gasteiger partial charge in [-0.2, -0.15) is 0 Å². The summed E-state index contributed by atoms with van der Waals surface area (Å²) in [6.07, 6.45) is 4.71. The van der Waals surface area contributed by atoms with Gasteiger partial charge < -0.3 is 9.97 Å². The first kappa shape index (κ1) is 15.7. The van der Waals surface area contributed by atoms with Crippen LogP contribution in [0.2, 0.25) is 5.02 Å². The highest BCUT2D eigenvalue weighted by molar-refractivity contribution is 6.30. The molecule has 0 saturated heterocycles. The molecule has 0 radical (unpaired) electrons. The lowest BCUT2D eigenvalue weighted by Crippen LogP contribution is -2.36. The Morgan fingerprint density at radius 3 is 2.92 bits per heavy atom. The molecule has 1 aliphatic heterocycles. The predicted octanol–water partition coefficient (Wildman–Crippen LogP) is 4.69. The van der Waals surface area contributed by atoms with Crippen molar-refractivity contribution in [3.8, 4) is 0 Å². The topological polar surface area (TPSA) is 47.7 Å². The van der Waals surface area contributed by atoms with Crippen molar-refractivity contribution in [3.63, 3.8) is 0 Å². The van der Waals surface area contributed by atoms with Crippen molar-refractivity contribution in [1.82, 2.24) is 19.9 Å². The molecule has 1 atom stereocenters. The predicted molar refractivity (Wildman–Crippen MR) is 104 cm³/mol. The summed E-state index contributed by atoms with van der Waals surface area (Å²) in [5.41, 5.74) is 5.09. The van der Waals surface area contributed by atoms with Crippen LogP contribution in [0.15, 0.2) is 60.9 Å². The molecule has 0 fully saturated rings. The smallest absolute Gasteiger partial charge is 0.120 e. The second kappa shape index (κ2) is 6.31. The average Bonchev–Trinajstić information content (AvgIpc) is 3.28. The Hall–Kier alpha value is -2.56. The molecule has 1 aliphatic rings. The lowest BCUT2D eigenvalue weighted by molar-refractivity contribution is 0.197. The van der Waals surface area contributed by atoms with Crippen molar-refractivity contribution < 1.29 is 0 Å². The molecule has 2 aromatic heterocycles. The zero-order chi connectivity index (χ0) is 17.5. The highest BCUT2D eigenvalue weighted by atomic mass is 35.5. The van der Waals surface area contributed by atoms with E-state index in [1.165, 1.54) is 27.7 Å². The van der Waals surface area contributed by atoms with E-state index in [0.717, 1.165) is 30.4 Å². The minimum atomic E-state index is 0.134. The number of nitrogens with zero attached hydrogens (tertiary/aromatic N) is 2. The summed E-state index contributed by atoms with van der Waals surface area (Å²) < 4.78 is 0. The van der Waals surface area contributed by atoms with E-state index in [9.17, 15) is 0 Å². The van der Waals surface area contributed by atoms with Gasteiger partial charge in [0.15, 0.2) is 0 Å². The van der Waals surface area contributed by atoms with E-state index in [4.69, 9.17) is 11.6 Å². The van der Waals surface area contributed by atoms with E-state index < -0.39 is 0 Å². The maximum atomic E-state index is 6.31. The molecule has 26 heavy (non-hydrogen) atoms. The molecule has 0 bridgehead atoms. The largest absolute Gasteiger partial charge is 0.357 e. The fourth-order valence-electron chi connectivity index (χ4n) is 4.09. The second-order valence-corrected chi connectivity index (χ2v) is 7.21. The number of H-pyrrole nitrogens is 2. The Balaban J connectivity index is 1.65. The summed E-state index contributed by atoms with van der Waals surface area (Å²) >= 11 is 6.31. The van der Waals surface area contributed by atoms with Gasteiger partial charge in [0.05, 0.1) is 12.6 Å². The van der Waals surface area contributed by atoms with Crippen molar-refractivity contribution in [1.29, 1.82) is 0 Å². The Kier molecular flexibility index (Phi) is 3.80. The monoisotopic (exact) mass is 362 g/mol. The molecule has 130 valence electrons. The zero-order valence-electron chi connectivity index (χ0n) is 14.2. The molecule has 0 saturated carbocycles. The van der Waals surface area contributed by atoms with Crippen molar-refractivity contribution in [2.45, 2.75) is 19.0 Å². The Bertz CT molecular complexity index is 1050. The van der Waals surface area contributed by atoms with Gasteiger partial charge in [0.2, 0.25) is 0 Å². The number of benzene rings is 2. The van der Waals surface area contributed by atoms with E-state index >= 15 is 0 Å². The third-order valence-electron chi connectivity index (χ3n) is 5.21. The van der Waals surface area contributed by atoms with Crippen LogP contribution in [-0.2, 0) is 13.0 Å². The standard InChI is InChI=1S/C21H19ClN4/c22-15-5-3-4-14(12-15)21-20-17(16-6-1-2-7-18(16)25-20)8-11-26(21)13-19-23-9-10-24-19/h1-7,9-10,12,21,25H,8,11,13H2,(H,23,24)/t21-/m1/s1. The lowest BCUT2D eigenvalue weighted by atomic mass is 9.92. The number of aromatic nitrogens is 3. The lowest BCUT2D eigenvalue weighted by Gasteiger charge is -2.35. The van der Waals surface area contributed by atoms with E-state index in [2.05, 4.69) is 56.3 Å². The molecule has 0 aliphatic carbocycles. The molecule has 5 rings (SSSR count). The third kappa shape index (κ3) is 2.62. The average molecular weight is 363 g/mol. The zero-order valence-corrected chi connectivity index (χ0v) is 15.0. The number of aromatic amines is 2. The van der Waals surface area contributed by atoms with Crippen LogP contribution in [0.25, 0.3) is 10.9 Å². The fourth-order valence-corrected chi connectivity index (χ4v) is 4.29. The van der Waals surface area contributed by atoms with Gasteiger partial charge in [-0.05, 0) is 35.7 Å². The minimum absolute atomic E-state index is 0.134. The fraction of sp³-hybridized carbons (Fsp3) is 0.190. The number of hydrogen-bond donors (Lipinski definition) is 2. The molecular weight excluding hydrogens is 344 g/mol. The molecule has 0 spiro atoms. The maximum Gasteiger partial charge on any atom is 0.120 e. The second-order valence-electron chi connectivity index (χ2n) is 6.78. The van der Waals surface area contributed by atoms with Crippen LogP contribution in [0, 0.1) is 0 Å². The first-order valence-electron chi connectivity index (χ1n) is 8.87. The molecule has 2 aromatic carbocycles. The van der Waals surface area contributed by atoms with Crippen molar-refractivity contribution in [2.24, 2.45) is 0 Å². The number of rotatable bonds is 3. The van der Waals surface area contributed by atoms with Gasteiger partial charge in [0.25, 0.3) is 0 Å². The molecule has 4 nitrogen and oxygen atoms in total. The Morgan fingerprint density at radius 2 is 2.08 bits per heavy atom. The van der Waals surface area contributed by atoms with Crippen LogP contribution in [0.5, 0.6) is 0 Å². The Morgan fingerprint density at radius 1 is 1.15 bits per heavy atom. The molecule has 0 amide bonds. The van der Waals surface area contributed by atoms with Gasteiger partial charge in [0, 0.05) is 40.6 Å². The third-order valence-corrected chi connectivity index (χ3v) is 5.44. The summed E-state index contributed by atoms with van der Waals surface area (Å²) in [6, 6.07) is 16.9. The van der Waals surface area contributed by atoms with Crippen LogP contribution < -0.4 is 0 Å². The molecule has 5 heteroatoms. The minimum Gasteiger partial charge on any atom is -0.357 e. The van der Waals surface area contributed by atoms with E-state index in [1.807, 2.05) is 24.5 Å². The van der Waals surface area contributed by atoms with Gasteiger partial charge in [-0.3, -0.25) is 4.90 Å². The summed E-state index contributed by atoms with van der Waals surface area (Å²) in [6.45, 7) is 1.76. The quantitative estimate of drug-likeness (QED) is 0.555. The normalized spacial score (nSPS) is 17.5. The van der Waals surface area contributed by atoms with Crippen LogP contribution in [0.4, 0.5) is 0 Å². The number of hydrogen-bond acceptors (Lipinski definition) is 2. The molecule has 3 heterocycles. The molecular formula is C21H19ClN4. The van der Waals surface area contributed by atoms with Crippen LogP contribution >= 0.6 is 11.6 Å². The van der Waals surface area contributed by atoms with Crippen molar-refractivity contribution >= 4 is 22.5 Å². The summed E-state index contributed by atoms with van der Waals surface area (Å²) in [5.74, 6) is 0.983. The van der Waals surface area contributed by atoms with E-state index in [0.29, 0.717) is 0 Å². The number of halogens is 1. The van der Waals surface area contributed by atoms with Crippen molar-refractivity contribution in [2.75, 3.05) is 6.54 Å².